The van der Waals surface area contributed by atoms with Gasteiger partial charge in [0.2, 0.25) is 41.4 Å². The molecule has 0 aliphatic carbocycles. The first-order valence-corrected chi connectivity index (χ1v) is 12.1. The van der Waals surface area contributed by atoms with Crippen molar-refractivity contribution in [1.82, 2.24) is 37.2 Å². The molecule has 21 nitrogen and oxygen atoms in total. The topological polar surface area (TPSA) is 348 Å². The molecule has 0 fully saturated rings. The summed E-state index contributed by atoms with van der Waals surface area (Å²) in [5, 5.41) is 60.6. The Balaban J connectivity index is 4.72. The van der Waals surface area contributed by atoms with Crippen molar-refractivity contribution in [1.29, 1.82) is 0 Å². The van der Waals surface area contributed by atoms with Crippen LogP contribution >= 0.6 is 0 Å². The van der Waals surface area contributed by atoms with Gasteiger partial charge in [-0.1, -0.05) is 0 Å². The average molecular weight is 609 g/mol. The van der Waals surface area contributed by atoms with E-state index in [2.05, 4.69) is 31.9 Å². The van der Waals surface area contributed by atoms with Crippen LogP contribution in [0.3, 0.4) is 0 Å². The second kappa shape index (κ2) is 19.6. The third kappa shape index (κ3) is 14.3. The van der Waals surface area contributed by atoms with Crippen LogP contribution in [0, 0.1) is 0 Å². The molecule has 7 amide bonds. The number of carbonyl (C=O) groups excluding carboxylic acids is 7. The first kappa shape index (κ1) is 37.6. The number of carbonyl (C=O) groups is 8. The molecule has 21 heteroatoms. The lowest BCUT2D eigenvalue weighted by molar-refractivity contribution is -0.144. The van der Waals surface area contributed by atoms with E-state index in [9.17, 15) is 48.6 Å². The van der Waals surface area contributed by atoms with E-state index >= 15 is 0 Å². The van der Waals surface area contributed by atoms with Crippen molar-refractivity contribution >= 4 is 47.3 Å². The molecular formula is C21H36N8O13. The highest BCUT2D eigenvalue weighted by Gasteiger charge is 2.30. The lowest BCUT2D eigenvalue weighted by Crippen LogP contribution is -2.58. The quantitative estimate of drug-likeness (QED) is 0.0647. The molecule has 0 unspecified atom stereocenters. The fourth-order valence-electron chi connectivity index (χ4n) is 2.79. The summed E-state index contributed by atoms with van der Waals surface area (Å²) in [4.78, 5) is 94.6. The van der Waals surface area contributed by atoms with E-state index in [4.69, 9.17) is 21.1 Å². The van der Waals surface area contributed by atoms with Gasteiger partial charge in [0.05, 0.1) is 52.1 Å². The second-order valence-electron chi connectivity index (χ2n) is 8.39. The first-order valence-electron chi connectivity index (χ1n) is 12.1. The van der Waals surface area contributed by atoms with Gasteiger partial charge in [0.15, 0.2) is 0 Å². The number of rotatable bonds is 19. The van der Waals surface area contributed by atoms with Crippen molar-refractivity contribution in [3.8, 4) is 0 Å². The van der Waals surface area contributed by atoms with Crippen molar-refractivity contribution in [3.05, 3.63) is 0 Å². The molecule has 0 aliphatic heterocycles. The molecule has 14 N–H and O–H groups in total. The smallest absolute Gasteiger partial charge is 0.328 e. The fourth-order valence-corrected chi connectivity index (χ4v) is 2.79. The molecule has 0 saturated carbocycles. The van der Waals surface area contributed by atoms with E-state index in [1.807, 2.05) is 5.32 Å². The summed E-state index contributed by atoms with van der Waals surface area (Å²) < 4.78 is 0. The van der Waals surface area contributed by atoms with E-state index in [1.54, 1.807) is 0 Å². The first-order chi connectivity index (χ1) is 19.7. The number of carboxylic acid groups (broad SMARTS) is 1. The summed E-state index contributed by atoms with van der Waals surface area (Å²) in [6, 6.07) is -6.32. The molecular weight excluding hydrogens is 572 g/mol. The lowest BCUT2D eigenvalue weighted by atomic mass is 10.1. The fraction of sp³-hybridized carbons (Fsp3) is 0.619. The van der Waals surface area contributed by atoms with Gasteiger partial charge in [-0.05, 0) is 6.92 Å². The van der Waals surface area contributed by atoms with Crippen molar-refractivity contribution < 1.29 is 63.9 Å². The summed E-state index contributed by atoms with van der Waals surface area (Å²) in [7, 11) is 0. The summed E-state index contributed by atoms with van der Waals surface area (Å²) in [6.45, 7) is -4.17. The zero-order chi connectivity index (χ0) is 32.4. The van der Waals surface area contributed by atoms with E-state index in [-0.39, 0.29) is 0 Å². The molecule has 0 aromatic heterocycles. The van der Waals surface area contributed by atoms with Crippen LogP contribution in [0.5, 0.6) is 0 Å². The zero-order valence-electron chi connectivity index (χ0n) is 22.4. The third-order valence-corrected chi connectivity index (χ3v) is 5.02. The number of hydrogen-bond donors (Lipinski definition) is 13. The molecule has 42 heavy (non-hydrogen) atoms. The van der Waals surface area contributed by atoms with Crippen LogP contribution in [0.25, 0.3) is 0 Å². The maximum Gasteiger partial charge on any atom is 0.328 e. The molecule has 0 radical (unpaired) electrons. The Morgan fingerprint density at radius 1 is 0.595 bits per heavy atom. The summed E-state index contributed by atoms with van der Waals surface area (Å²) in [5.41, 5.74) is 5.09. The van der Waals surface area contributed by atoms with E-state index in [0.29, 0.717) is 0 Å². The SMILES string of the molecule is C[C@@H](O)[C@H](NC(=O)CNC(=O)[C@H](CO)NC(=O)CNC(=O)CNC(=O)[C@H](CO)NC(=O)CN)C(=O)N[C@@H](CO)C(=O)O. The molecule has 0 bridgehead atoms. The Bertz CT molecular complexity index is 993. The lowest BCUT2D eigenvalue weighted by Gasteiger charge is -2.23. The minimum atomic E-state index is -1.71. The zero-order valence-corrected chi connectivity index (χ0v) is 22.4. The summed E-state index contributed by atoms with van der Waals surface area (Å²) >= 11 is 0. The van der Waals surface area contributed by atoms with Gasteiger partial charge in [0, 0.05) is 0 Å². The van der Waals surface area contributed by atoms with Crippen molar-refractivity contribution in [2.75, 3.05) is 46.0 Å². The van der Waals surface area contributed by atoms with Crippen LogP contribution in [0.1, 0.15) is 6.92 Å². The molecule has 0 aliphatic rings. The number of aliphatic hydroxyl groups excluding tert-OH is 4. The number of nitrogens with one attached hydrogen (secondary N) is 7. The van der Waals surface area contributed by atoms with Crippen LogP contribution in [0.15, 0.2) is 0 Å². The number of nitrogens with two attached hydrogens (primary N) is 1. The maximum absolute atomic E-state index is 12.3. The molecule has 5 atom stereocenters. The molecule has 0 saturated heterocycles. The number of carboxylic acids is 1. The highest BCUT2D eigenvalue weighted by Crippen LogP contribution is 1.96. The van der Waals surface area contributed by atoms with E-state index in [1.165, 1.54) is 0 Å². The largest absolute Gasteiger partial charge is 0.480 e. The van der Waals surface area contributed by atoms with Gasteiger partial charge in [-0.3, -0.25) is 33.6 Å². The Labute approximate surface area is 237 Å². The van der Waals surface area contributed by atoms with E-state index < -0.39 is 124 Å². The van der Waals surface area contributed by atoms with Gasteiger partial charge in [-0.2, -0.15) is 0 Å². The molecule has 238 valence electrons. The number of hydrogen-bond acceptors (Lipinski definition) is 13. The Kier molecular flexibility index (Phi) is 17.5. The Morgan fingerprint density at radius 2 is 1.02 bits per heavy atom. The number of aliphatic carboxylic acids is 1. The van der Waals surface area contributed by atoms with Gasteiger partial charge in [0.1, 0.15) is 24.2 Å². The highest BCUT2D eigenvalue weighted by molar-refractivity contribution is 5.95. The second-order valence-corrected chi connectivity index (χ2v) is 8.39. The molecule has 0 aromatic carbocycles. The van der Waals surface area contributed by atoms with Gasteiger partial charge in [-0.15, -0.1) is 0 Å². The molecule has 0 aromatic rings. The van der Waals surface area contributed by atoms with Gasteiger partial charge < -0.3 is 68.5 Å². The highest BCUT2D eigenvalue weighted by atomic mass is 16.4. The van der Waals surface area contributed by atoms with Gasteiger partial charge in [-0.25, -0.2) is 4.79 Å². The standard InChI is InChI=1S/C21H36N8O13/c1-9(33)17(20(40)28-12(8-32)21(41)42)29-16(37)5-25-19(39)11(7-31)27-15(36)4-23-14(35)3-24-18(38)10(6-30)26-13(34)2-22/h9-12,17,30-33H,2-8,22H2,1H3,(H,23,35)(H,24,38)(H,25,39)(H,26,34)(H,27,36)(H,28,40)(H,29,37)(H,41,42)/t9-,10+,11+,12+,17+/m1/s1. The molecule has 0 rings (SSSR count). The van der Waals surface area contributed by atoms with E-state index in [0.717, 1.165) is 6.92 Å². The van der Waals surface area contributed by atoms with Gasteiger partial charge >= 0.3 is 5.97 Å². The molecule has 0 spiro atoms. The maximum atomic E-state index is 12.3. The number of amides is 7. The average Bonchev–Trinajstić information content (AvgIpc) is 2.95. The van der Waals surface area contributed by atoms with Crippen molar-refractivity contribution in [2.24, 2.45) is 5.73 Å². The third-order valence-electron chi connectivity index (χ3n) is 5.02. The van der Waals surface area contributed by atoms with Crippen LogP contribution in [0.4, 0.5) is 0 Å². The van der Waals surface area contributed by atoms with Crippen LogP contribution < -0.4 is 43.0 Å². The van der Waals surface area contributed by atoms with Crippen molar-refractivity contribution in [3.63, 3.8) is 0 Å². The predicted octanol–water partition coefficient (Wildman–Crippen LogP) is -9.32. The van der Waals surface area contributed by atoms with Crippen LogP contribution in [0.2, 0.25) is 0 Å². The minimum absolute atomic E-state index is 0.440. The Hall–Kier alpha value is -4.44. The van der Waals surface area contributed by atoms with Crippen molar-refractivity contribution in [2.45, 2.75) is 37.2 Å². The Morgan fingerprint density at radius 3 is 1.45 bits per heavy atom. The monoisotopic (exact) mass is 608 g/mol. The number of aliphatic hydroxyl groups is 4. The van der Waals surface area contributed by atoms with Crippen LogP contribution in [-0.2, 0) is 38.4 Å². The minimum Gasteiger partial charge on any atom is -0.480 e. The predicted molar refractivity (Wildman–Crippen MR) is 136 cm³/mol. The normalized spacial score (nSPS) is 14.0. The summed E-state index contributed by atoms with van der Waals surface area (Å²) in [6.07, 6.45) is -1.51. The molecule has 0 heterocycles. The summed E-state index contributed by atoms with van der Waals surface area (Å²) in [5.74, 6) is -8.25. The van der Waals surface area contributed by atoms with Crippen LogP contribution in [-0.4, -0.2) is 149 Å². The van der Waals surface area contributed by atoms with Gasteiger partial charge in [0.25, 0.3) is 0 Å².